The summed E-state index contributed by atoms with van der Waals surface area (Å²) in [4.78, 5) is 0. The quantitative estimate of drug-likeness (QED) is 0.0276. The first-order chi connectivity index (χ1) is 25.8. The van der Waals surface area contributed by atoms with Crippen LogP contribution >= 0.6 is 7.82 Å². The Labute approximate surface area is 331 Å². The maximum Gasteiger partial charge on any atom is 0.646 e. The molecule has 0 aromatic rings. The lowest BCUT2D eigenvalue weighted by Crippen LogP contribution is -2.07. The third-order valence-electron chi connectivity index (χ3n) is 9.58. The van der Waals surface area contributed by atoms with E-state index < -0.39 is 7.82 Å². The lowest BCUT2D eigenvalue weighted by molar-refractivity contribution is 0.177. The average molecular weight is 759 g/mol. The Bertz CT molecular complexity index is 984. The highest BCUT2D eigenvalue weighted by atomic mass is 31.2. The minimum Gasteiger partial charge on any atom is -0.390 e. The third kappa shape index (κ3) is 25.7. The molecule has 0 aromatic carbocycles. The van der Waals surface area contributed by atoms with Gasteiger partial charge in [-0.15, -0.1) is 0 Å². The van der Waals surface area contributed by atoms with Crippen LogP contribution in [-0.2, 0) is 18.1 Å². The van der Waals surface area contributed by atoms with Gasteiger partial charge in [-0.1, -0.05) is 176 Å². The molecule has 0 saturated carbocycles. The molecule has 0 spiro atoms. The normalized spacial score (nSPS) is 13.9. The van der Waals surface area contributed by atoms with Gasteiger partial charge < -0.3 is 13.6 Å². The van der Waals surface area contributed by atoms with Crippen molar-refractivity contribution in [1.82, 2.24) is 0 Å². The van der Waals surface area contributed by atoms with Crippen LogP contribution in [0.15, 0.2) is 70.5 Å². The Kier molecular flexibility index (Phi) is 34.5. The number of allylic oxidation sites excluding steroid dienone is 12. The summed E-state index contributed by atoms with van der Waals surface area (Å²) in [5.74, 6) is 2.37. The van der Waals surface area contributed by atoms with Gasteiger partial charge in [0.25, 0.3) is 0 Å². The molecule has 4 nitrogen and oxygen atoms in total. The van der Waals surface area contributed by atoms with Crippen LogP contribution in [0, 0.1) is 0 Å². The van der Waals surface area contributed by atoms with Crippen LogP contribution in [-0.4, -0.2) is 0 Å². The molecule has 0 aliphatic heterocycles. The van der Waals surface area contributed by atoms with Crippen LogP contribution in [0.2, 0.25) is 0 Å². The monoisotopic (exact) mass is 759 g/mol. The average Bonchev–Trinajstić information content (AvgIpc) is 3.15. The predicted octanol–water partition coefficient (Wildman–Crippen LogP) is 18.3. The summed E-state index contributed by atoms with van der Waals surface area (Å²) in [6, 6.07) is 0. The minimum atomic E-state index is -4.18. The molecule has 0 fully saturated rings. The zero-order chi connectivity index (χ0) is 39.4. The summed E-state index contributed by atoms with van der Waals surface area (Å²) in [6.45, 7) is 19.9. The van der Waals surface area contributed by atoms with E-state index in [0.717, 1.165) is 207 Å². The van der Waals surface area contributed by atoms with Crippen molar-refractivity contribution in [3.63, 3.8) is 0 Å². The molecule has 308 valence electrons. The van der Waals surface area contributed by atoms with Crippen molar-refractivity contribution in [2.45, 2.75) is 236 Å². The van der Waals surface area contributed by atoms with Gasteiger partial charge in [-0.05, 0) is 93.8 Å². The van der Waals surface area contributed by atoms with E-state index >= 15 is 4.57 Å². The predicted molar refractivity (Wildman–Crippen MR) is 235 cm³/mol. The van der Waals surface area contributed by atoms with Gasteiger partial charge in [0.05, 0.1) is 0 Å². The van der Waals surface area contributed by atoms with E-state index in [4.69, 9.17) is 13.6 Å². The van der Waals surface area contributed by atoms with Gasteiger partial charge in [0, 0.05) is 19.3 Å². The summed E-state index contributed by atoms with van der Waals surface area (Å²) < 4.78 is 36.6. The van der Waals surface area contributed by atoms with Gasteiger partial charge in [-0.25, -0.2) is 0 Å². The van der Waals surface area contributed by atoms with Gasteiger partial charge in [0.1, 0.15) is 17.3 Å². The molecule has 0 saturated heterocycles. The maximum atomic E-state index is 15.8. The maximum absolute atomic E-state index is 15.8. The fraction of sp³-hybridized carbons (Fsp3) is 0.750. The van der Waals surface area contributed by atoms with Crippen molar-refractivity contribution in [3.8, 4) is 0 Å². The van der Waals surface area contributed by atoms with Crippen LogP contribution in [0.25, 0.3) is 0 Å². The summed E-state index contributed by atoms with van der Waals surface area (Å²) >= 11 is 0. The molecule has 0 aliphatic carbocycles. The van der Waals surface area contributed by atoms with E-state index in [1.165, 1.54) is 0 Å². The fourth-order valence-corrected chi connectivity index (χ4v) is 7.83. The number of rotatable bonds is 36. The zero-order valence-corrected chi connectivity index (χ0v) is 37.5. The molecule has 0 unspecified atom stereocenters. The van der Waals surface area contributed by atoms with E-state index in [1.807, 2.05) is 0 Å². The minimum absolute atomic E-state index is 0.724. The van der Waals surface area contributed by atoms with Gasteiger partial charge in [-0.3, -0.25) is 0 Å². The van der Waals surface area contributed by atoms with Crippen LogP contribution in [0.1, 0.15) is 236 Å². The van der Waals surface area contributed by atoms with Crippen molar-refractivity contribution in [2.24, 2.45) is 0 Å². The Morgan fingerprint density at radius 2 is 0.585 bits per heavy atom. The van der Waals surface area contributed by atoms with Crippen LogP contribution in [0.3, 0.4) is 0 Å². The van der Waals surface area contributed by atoms with Crippen LogP contribution in [0.5, 0.6) is 0 Å². The SMILES string of the molecule is CC/C=C/C(CCCCC)=C(\CCCCC)OP(=O)(O/C(CCCCC)=C(/C=C/CC)CCCCC)O/C(CCCCC)=C(/C=C/CC)CCCCC. The van der Waals surface area contributed by atoms with Crippen molar-refractivity contribution < 1.29 is 18.1 Å². The summed E-state index contributed by atoms with van der Waals surface area (Å²) in [5.41, 5.74) is 3.42. The van der Waals surface area contributed by atoms with E-state index in [0.29, 0.717) is 0 Å². The van der Waals surface area contributed by atoms with E-state index in [1.54, 1.807) is 0 Å². The smallest absolute Gasteiger partial charge is 0.390 e. The largest absolute Gasteiger partial charge is 0.646 e. The summed E-state index contributed by atoms with van der Waals surface area (Å²) in [7, 11) is -4.18. The van der Waals surface area contributed by atoms with Crippen LogP contribution < -0.4 is 0 Å². The zero-order valence-electron chi connectivity index (χ0n) is 36.6. The molecule has 0 rings (SSSR count). The molecule has 0 N–H and O–H groups in total. The summed E-state index contributed by atoms with van der Waals surface area (Å²) in [5, 5.41) is 0. The number of phosphoric acid groups is 1. The second-order valence-corrected chi connectivity index (χ2v) is 16.2. The molecule has 0 bridgehead atoms. The Balaban J connectivity index is 7.88. The van der Waals surface area contributed by atoms with Gasteiger partial charge >= 0.3 is 7.82 Å². The highest BCUT2D eigenvalue weighted by Crippen LogP contribution is 2.58. The Morgan fingerprint density at radius 1 is 0.358 bits per heavy atom. The molecule has 0 atom stereocenters. The molecule has 0 aromatic heterocycles. The van der Waals surface area contributed by atoms with Gasteiger partial charge in [0.15, 0.2) is 0 Å². The van der Waals surface area contributed by atoms with Crippen LogP contribution in [0.4, 0.5) is 0 Å². The Hall–Kier alpha value is -1.93. The van der Waals surface area contributed by atoms with Crippen molar-refractivity contribution in [2.75, 3.05) is 0 Å². The first-order valence-electron chi connectivity index (χ1n) is 22.7. The molecular formula is C48H87O4P. The molecule has 0 radical (unpaired) electrons. The fourth-order valence-electron chi connectivity index (χ4n) is 6.29. The highest BCUT2D eigenvalue weighted by Gasteiger charge is 2.37. The number of hydrogen-bond acceptors (Lipinski definition) is 4. The second kappa shape index (κ2) is 35.8. The highest BCUT2D eigenvalue weighted by molar-refractivity contribution is 7.48. The molecule has 5 heteroatoms. The first kappa shape index (κ1) is 51.1. The van der Waals surface area contributed by atoms with Crippen molar-refractivity contribution in [1.29, 1.82) is 0 Å². The number of unbranched alkanes of at least 4 members (excludes halogenated alkanes) is 12. The second-order valence-electron chi connectivity index (χ2n) is 14.7. The van der Waals surface area contributed by atoms with Crippen molar-refractivity contribution in [3.05, 3.63) is 70.5 Å². The topological polar surface area (TPSA) is 44.8 Å². The number of phosphoric ester groups is 1. The summed E-state index contributed by atoms with van der Waals surface area (Å²) in [6.07, 6.45) is 40.6. The Morgan fingerprint density at radius 3 is 0.792 bits per heavy atom. The van der Waals surface area contributed by atoms with Crippen molar-refractivity contribution >= 4 is 7.82 Å². The van der Waals surface area contributed by atoms with Gasteiger partial charge in [-0.2, -0.15) is 4.57 Å². The third-order valence-corrected chi connectivity index (χ3v) is 10.9. The molecule has 0 aliphatic rings. The first-order valence-corrected chi connectivity index (χ1v) is 24.1. The van der Waals surface area contributed by atoms with Gasteiger partial charge in [0.2, 0.25) is 0 Å². The molecular weight excluding hydrogens is 671 g/mol. The molecule has 53 heavy (non-hydrogen) atoms. The van der Waals surface area contributed by atoms with E-state index in [2.05, 4.69) is 98.8 Å². The lowest BCUT2D eigenvalue weighted by Gasteiger charge is -2.27. The standard InChI is InChI=1S/C48H87O4P/c1-10-19-28-37-43(34-25-16-7)46(40-31-22-13-4)50-53(49,51-47(41-32-23-14-5)44(35-26-17-8)38-29-20-11-2)52-48(42-33-24-15-6)45(36-27-18-9)39-30-21-12-3/h25-27,34-36H,10-24,28-33,37-42H2,1-9H3/b34-25+,35-26+,36-27+,46-43-,47-44-,48-45-. The van der Waals surface area contributed by atoms with E-state index in [-0.39, 0.29) is 0 Å². The van der Waals surface area contributed by atoms with E-state index in [9.17, 15) is 0 Å². The number of hydrogen-bond donors (Lipinski definition) is 0. The molecule has 0 heterocycles. The molecule has 0 amide bonds. The lowest BCUT2D eigenvalue weighted by atomic mass is 10.0.